The molecule has 1 saturated carbocycles. The van der Waals surface area contributed by atoms with E-state index in [0.29, 0.717) is 12.6 Å². The van der Waals surface area contributed by atoms with Crippen LogP contribution in [0.3, 0.4) is 0 Å². The van der Waals surface area contributed by atoms with Crippen molar-refractivity contribution in [3.8, 4) is 5.75 Å². The van der Waals surface area contributed by atoms with Crippen molar-refractivity contribution in [3.05, 3.63) is 29.8 Å². The molecule has 0 heterocycles. The molecule has 1 atom stereocenters. The summed E-state index contributed by atoms with van der Waals surface area (Å²) in [5.41, 5.74) is 1.25. The molecule has 3 nitrogen and oxygen atoms in total. The predicted octanol–water partition coefficient (Wildman–Crippen LogP) is 4.08. The third-order valence-corrected chi connectivity index (χ3v) is 4.01. The topological polar surface area (TPSA) is 30.5 Å². The van der Waals surface area contributed by atoms with E-state index < -0.39 is 0 Å². The number of nitrogens with one attached hydrogen (secondary N) is 1. The molecule has 0 amide bonds. The highest BCUT2D eigenvalue weighted by Crippen LogP contribution is 2.24. The van der Waals surface area contributed by atoms with E-state index in [-0.39, 0.29) is 12.1 Å². The number of ether oxygens (including phenoxy) is 2. The van der Waals surface area contributed by atoms with E-state index in [1.54, 1.807) is 7.11 Å². The molecule has 118 valence electrons. The summed E-state index contributed by atoms with van der Waals surface area (Å²) in [4.78, 5) is 0. The first kappa shape index (κ1) is 16.3. The van der Waals surface area contributed by atoms with E-state index in [9.17, 15) is 0 Å². The highest BCUT2D eigenvalue weighted by Gasteiger charge is 2.19. The Labute approximate surface area is 129 Å². The average Bonchev–Trinajstić information content (AvgIpc) is 2.47. The molecule has 0 saturated heterocycles. The fraction of sp³-hybridized carbons (Fsp3) is 0.667. The second-order valence-corrected chi connectivity index (χ2v) is 6.25. The maximum atomic E-state index is 5.80. The Bertz CT molecular complexity index is 413. The van der Waals surface area contributed by atoms with Crippen molar-refractivity contribution in [2.24, 2.45) is 0 Å². The van der Waals surface area contributed by atoms with E-state index in [0.717, 1.165) is 5.75 Å². The Morgan fingerprint density at radius 3 is 2.62 bits per heavy atom. The summed E-state index contributed by atoms with van der Waals surface area (Å²) in [5.74, 6) is 0.939. The lowest BCUT2D eigenvalue weighted by Crippen LogP contribution is -2.36. The molecule has 1 aromatic carbocycles. The van der Waals surface area contributed by atoms with Gasteiger partial charge < -0.3 is 14.8 Å². The quantitative estimate of drug-likeness (QED) is 0.821. The van der Waals surface area contributed by atoms with Gasteiger partial charge in [-0.2, -0.15) is 0 Å². The maximum Gasteiger partial charge on any atom is 0.120 e. The summed E-state index contributed by atoms with van der Waals surface area (Å²) < 4.78 is 11.2. The Kier molecular flexibility index (Phi) is 6.52. The number of benzene rings is 1. The van der Waals surface area contributed by atoms with Gasteiger partial charge in [0.2, 0.25) is 0 Å². The second-order valence-electron chi connectivity index (χ2n) is 6.25. The van der Waals surface area contributed by atoms with Crippen LogP contribution in [0.1, 0.15) is 57.6 Å². The van der Waals surface area contributed by atoms with Gasteiger partial charge in [0, 0.05) is 13.2 Å². The molecule has 1 aliphatic rings. The molecule has 0 aliphatic heterocycles. The van der Waals surface area contributed by atoms with Gasteiger partial charge in [-0.15, -0.1) is 0 Å². The van der Waals surface area contributed by atoms with Crippen molar-refractivity contribution < 1.29 is 9.47 Å². The summed E-state index contributed by atoms with van der Waals surface area (Å²) in [6.07, 6.45) is 6.82. The largest absolute Gasteiger partial charge is 0.491 e. The molecule has 0 radical (unpaired) electrons. The van der Waals surface area contributed by atoms with Gasteiger partial charge in [-0.1, -0.05) is 31.4 Å². The van der Waals surface area contributed by atoms with Gasteiger partial charge in [-0.3, -0.25) is 0 Å². The van der Waals surface area contributed by atoms with E-state index in [4.69, 9.17) is 9.47 Å². The molecule has 3 heteroatoms. The summed E-state index contributed by atoms with van der Waals surface area (Å²) in [5, 5.41) is 3.77. The van der Waals surface area contributed by atoms with Crippen molar-refractivity contribution in [1.29, 1.82) is 0 Å². The van der Waals surface area contributed by atoms with Crippen molar-refractivity contribution in [2.45, 2.75) is 64.1 Å². The van der Waals surface area contributed by atoms with Crippen molar-refractivity contribution in [1.82, 2.24) is 5.32 Å². The predicted molar refractivity (Wildman–Crippen MR) is 86.8 cm³/mol. The number of hydrogen-bond donors (Lipinski definition) is 1. The molecule has 21 heavy (non-hydrogen) atoms. The summed E-state index contributed by atoms with van der Waals surface area (Å²) in [6.45, 7) is 4.81. The van der Waals surface area contributed by atoms with Crippen LogP contribution in [0.2, 0.25) is 0 Å². The Morgan fingerprint density at radius 2 is 1.95 bits per heavy atom. The Balaban J connectivity index is 2.05. The minimum absolute atomic E-state index is 0.201. The highest BCUT2D eigenvalue weighted by atomic mass is 16.5. The number of rotatable bonds is 7. The molecule has 1 fully saturated rings. The lowest BCUT2D eigenvalue weighted by atomic mass is 9.94. The van der Waals surface area contributed by atoms with Gasteiger partial charge >= 0.3 is 0 Å². The van der Waals surface area contributed by atoms with Crippen LogP contribution in [0, 0.1) is 0 Å². The molecular formula is C18H29NO2. The first-order chi connectivity index (χ1) is 10.2. The van der Waals surface area contributed by atoms with Crippen molar-refractivity contribution >= 4 is 0 Å². The number of hydrogen-bond acceptors (Lipinski definition) is 3. The molecule has 2 rings (SSSR count). The van der Waals surface area contributed by atoms with E-state index in [2.05, 4.69) is 37.4 Å². The van der Waals surface area contributed by atoms with Crippen LogP contribution < -0.4 is 10.1 Å². The number of methoxy groups -OCH3 is 1. The summed E-state index contributed by atoms with van der Waals surface area (Å²) in [6, 6.07) is 9.25. The van der Waals surface area contributed by atoms with Crippen molar-refractivity contribution in [2.75, 3.05) is 13.7 Å². The minimum atomic E-state index is 0.201. The van der Waals surface area contributed by atoms with Crippen LogP contribution in [0.4, 0.5) is 0 Å². The van der Waals surface area contributed by atoms with Crippen LogP contribution in [0.5, 0.6) is 5.75 Å². The standard InChI is InChI=1S/C18H29NO2/c1-14(2)21-17-11-7-8-15(12-17)18(13-20-3)19-16-9-5-4-6-10-16/h7-8,11-12,14,16,18-19H,4-6,9-10,13H2,1-3H3. The fourth-order valence-corrected chi connectivity index (χ4v) is 3.04. The molecule has 0 aromatic heterocycles. The Hall–Kier alpha value is -1.06. The molecule has 0 bridgehead atoms. The third kappa shape index (κ3) is 5.33. The van der Waals surface area contributed by atoms with Gasteiger partial charge in [0.1, 0.15) is 5.75 Å². The first-order valence-electron chi connectivity index (χ1n) is 8.20. The maximum absolute atomic E-state index is 5.80. The fourth-order valence-electron chi connectivity index (χ4n) is 3.04. The monoisotopic (exact) mass is 291 g/mol. The third-order valence-electron chi connectivity index (χ3n) is 4.01. The molecule has 1 N–H and O–H groups in total. The van der Waals surface area contributed by atoms with E-state index in [1.807, 2.05) is 6.07 Å². The average molecular weight is 291 g/mol. The van der Waals surface area contributed by atoms with Crippen LogP contribution in [-0.2, 0) is 4.74 Å². The normalized spacial score (nSPS) is 17.9. The zero-order chi connectivity index (χ0) is 15.1. The summed E-state index contributed by atoms with van der Waals surface area (Å²) >= 11 is 0. The zero-order valence-electron chi connectivity index (χ0n) is 13.6. The SMILES string of the molecule is COCC(NC1CCCCC1)c1cccc(OC(C)C)c1. The first-order valence-corrected chi connectivity index (χ1v) is 8.20. The highest BCUT2D eigenvalue weighted by molar-refractivity contribution is 5.31. The van der Waals surface area contributed by atoms with Crippen LogP contribution >= 0.6 is 0 Å². The van der Waals surface area contributed by atoms with E-state index >= 15 is 0 Å². The molecular weight excluding hydrogens is 262 g/mol. The molecule has 1 aliphatic carbocycles. The van der Waals surface area contributed by atoms with Gasteiger partial charge in [0.15, 0.2) is 0 Å². The van der Waals surface area contributed by atoms with Crippen LogP contribution in [-0.4, -0.2) is 25.9 Å². The Morgan fingerprint density at radius 1 is 1.19 bits per heavy atom. The van der Waals surface area contributed by atoms with Gasteiger partial charge in [0.25, 0.3) is 0 Å². The van der Waals surface area contributed by atoms with Crippen LogP contribution in [0.25, 0.3) is 0 Å². The zero-order valence-corrected chi connectivity index (χ0v) is 13.6. The molecule has 0 spiro atoms. The van der Waals surface area contributed by atoms with Gasteiger partial charge in [0.05, 0.1) is 18.8 Å². The van der Waals surface area contributed by atoms with E-state index in [1.165, 1.54) is 37.7 Å². The lowest BCUT2D eigenvalue weighted by molar-refractivity contribution is 0.155. The van der Waals surface area contributed by atoms with Crippen molar-refractivity contribution in [3.63, 3.8) is 0 Å². The van der Waals surface area contributed by atoms with Gasteiger partial charge in [-0.25, -0.2) is 0 Å². The van der Waals surface area contributed by atoms with Crippen LogP contribution in [0.15, 0.2) is 24.3 Å². The minimum Gasteiger partial charge on any atom is -0.491 e. The summed E-state index contributed by atoms with van der Waals surface area (Å²) in [7, 11) is 1.77. The van der Waals surface area contributed by atoms with Gasteiger partial charge in [-0.05, 0) is 44.4 Å². The lowest BCUT2D eigenvalue weighted by Gasteiger charge is -2.28. The smallest absolute Gasteiger partial charge is 0.120 e. The molecule has 1 unspecified atom stereocenters. The second kappa shape index (κ2) is 8.40. The molecule has 1 aromatic rings.